The number of likely N-dealkylation sites (tertiary alicyclic amines) is 1. The summed E-state index contributed by atoms with van der Waals surface area (Å²) in [6, 6.07) is -0.425. The first kappa shape index (κ1) is 13.4. The molecule has 7 heteroatoms. The number of hydrogen-bond acceptors (Lipinski definition) is 4. The van der Waals surface area contributed by atoms with Gasteiger partial charge in [0.05, 0.1) is 5.92 Å². The lowest BCUT2D eigenvalue weighted by molar-refractivity contribution is -0.139. The molecule has 3 fully saturated rings. The number of rotatable bonds is 1. The second-order valence-electron chi connectivity index (χ2n) is 5.86. The number of hydrogen-bond donors (Lipinski definition) is 3. The zero-order valence-electron chi connectivity index (χ0n) is 11.4. The summed E-state index contributed by atoms with van der Waals surface area (Å²) >= 11 is 0. The number of piperidine rings is 2. The molecule has 3 rings (SSSR count). The van der Waals surface area contributed by atoms with Crippen molar-refractivity contribution in [2.45, 2.75) is 31.2 Å². The highest BCUT2D eigenvalue weighted by Gasteiger charge is 2.48. The Labute approximate surface area is 117 Å². The monoisotopic (exact) mass is 280 g/mol. The van der Waals surface area contributed by atoms with Crippen LogP contribution in [0.3, 0.4) is 0 Å². The first-order chi connectivity index (χ1) is 9.61. The molecule has 0 saturated carbocycles. The molecule has 3 N–H and O–H groups in total. The van der Waals surface area contributed by atoms with Crippen molar-refractivity contribution in [2.75, 3.05) is 26.2 Å². The van der Waals surface area contributed by atoms with Crippen LogP contribution >= 0.6 is 0 Å². The van der Waals surface area contributed by atoms with E-state index in [4.69, 9.17) is 0 Å². The van der Waals surface area contributed by atoms with Crippen molar-refractivity contribution in [2.24, 2.45) is 5.92 Å². The molecule has 0 aromatic heterocycles. The van der Waals surface area contributed by atoms with Gasteiger partial charge in [-0.2, -0.15) is 0 Å². The third-order valence-electron chi connectivity index (χ3n) is 4.59. The van der Waals surface area contributed by atoms with Crippen LogP contribution in [0.25, 0.3) is 0 Å². The number of carbonyl (C=O) groups is 3. The molecule has 3 aliphatic heterocycles. The maximum Gasteiger partial charge on any atom is 0.322 e. The van der Waals surface area contributed by atoms with Crippen LogP contribution in [-0.4, -0.2) is 54.5 Å². The average Bonchev–Trinajstić information content (AvgIpc) is 2.74. The molecule has 3 heterocycles. The van der Waals surface area contributed by atoms with E-state index >= 15 is 0 Å². The molecule has 0 aromatic carbocycles. The molecule has 0 radical (unpaired) electrons. The second-order valence-corrected chi connectivity index (χ2v) is 5.86. The molecule has 3 saturated heterocycles. The van der Waals surface area contributed by atoms with Gasteiger partial charge in [-0.25, -0.2) is 4.79 Å². The van der Waals surface area contributed by atoms with Gasteiger partial charge in [0.25, 0.3) is 5.91 Å². The highest BCUT2D eigenvalue weighted by atomic mass is 16.2. The quantitative estimate of drug-likeness (QED) is 0.548. The van der Waals surface area contributed by atoms with Crippen LogP contribution < -0.4 is 16.0 Å². The van der Waals surface area contributed by atoms with Crippen molar-refractivity contribution in [1.29, 1.82) is 0 Å². The van der Waals surface area contributed by atoms with Crippen LogP contribution in [-0.2, 0) is 9.59 Å². The van der Waals surface area contributed by atoms with E-state index in [-0.39, 0.29) is 17.7 Å². The Morgan fingerprint density at radius 2 is 2.00 bits per heavy atom. The third-order valence-corrected chi connectivity index (χ3v) is 4.59. The van der Waals surface area contributed by atoms with E-state index < -0.39 is 11.6 Å². The van der Waals surface area contributed by atoms with Gasteiger partial charge < -0.3 is 15.5 Å². The fourth-order valence-electron chi connectivity index (χ4n) is 3.31. The molecule has 1 unspecified atom stereocenters. The van der Waals surface area contributed by atoms with Crippen molar-refractivity contribution in [3.63, 3.8) is 0 Å². The van der Waals surface area contributed by atoms with E-state index in [9.17, 15) is 14.4 Å². The van der Waals surface area contributed by atoms with Gasteiger partial charge in [-0.15, -0.1) is 0 Å². The molecule has 1 spiro atoms. The Morgan fingerprint density at radius 3 is 2.55 bits per heavy atom. The minimum atomic E-state index is -0.793. The van der Waals surface area contributed by atoms with Gasteiger partial charge in [0.1, 0.15) is 5.54 Å². The summed E-state index contributed by atoms with van der Waals surface area (Å²) in [5.41, 5.74) is -0.793. The summed E-state index contributed by atoms with van der Waals surface area (Å²) in [4.78, 5) is 37.3. The van der Waals surface area contributed by atoms with Gasteiger partial charge in [0, 0.05) is 19.6 Å². The topological polar surface area (TPSA) is 90.5 Å². The SMILES string of the molecule is O=C1NC(=O)C2(CCN(C(=O)C3CCCNC3)CC2)N1. The number of nitrogens with one attached hydrogen (secondary N) is 3. The van der Waals surface area contributed by atoms with E-state index in [2.05, 4.69) is 16.0 Å². The van der Waals surface area contributed by atoms with Crippen LogP contribution in [0.4, 0.5) is 4.79 Å². The summed E-state index contributed by atoms with van der Waals surface area (Å²) in [7, 11) is 0. The molecule has 1 atom stereocenters. The van der Waals surface area contributed by atoms with Crippen molar-refractivity contribution in [3.8, 4) is 0 Å². The lowest BCUT2D eigenvalue weighted by Crippen LogP contribution is -2.57. The van der Waals surface area contributed by atoms with Crippen molar-refractivity contribution in [3.05, 3.63) is 0 Å². The zero-order chi connectivity index (χ0) is 14.2. The van der Waals surface area contributed by atoms with E-state index in [1.165, 1.54) is 0 Å². The minimum absolute atomic E-state index is 0.0600. The Balaban J connectivity index is 1.59. The Kier molecular flexibility index (Phi) is 3.37. The smallest absolute Gasteiger partial charge is 0.322 e. The van der Waals surface area contributed by atoms with Crippen LogP contribution in [0.1, 0.15) is 25.7 Å². The predicted octanol–water partition coefficient (Wildman–Crippen LogP) is -0.813. The molecule has 0 aromatic rings. The fourth-order valence-corrected chi connectivity index (χ4v) is 3.31. The largest absolute Gasteiger partial charge is 0.342 e. The maximum atomic E-state index is 12.4. The maximum absolute atomic E-state index is 12.4. The molecule has 3 aliphatic rings. The number of amides is 4. The fraction of sp³-hybridized carbons (Fsp3) is 0.769. The zero-order valence-corrected chi connectivity index (χ0v) is 11.4. The van der Waals surface area contributed by atoms with Crippen LogP contribution in [0.2, 0.25) is 0 Å². The predicted molar refractivity (Wildman–Crippen MR) is 70.8 cm³/mol. The van der Waals surface area contributed by atoms with Crippen molar-refractivity contribution >= 4 is 17.8 Å². The molecule has 20 heavy (non-hydrogen) atoms. The van der Waals surface area contributed by atoms with Gasteiger partial charge in [-0.05, 0) is 32.2 Å². The minimum Gasteiger partial charge on any atom is -0.342 e. The van der Waals surface area contributed by atoms with Crippen LogP contribution in [0.15, 0.2) is 0 Å². The average molecular weight is 280 g/mol. The first-order valence-electron chi connectivity index (χ1n) is 7.24. The van der Waals surface area contributed by atoms with Gasteiger partial charge >= 0.3 is 6.03 Å². The summed E-state index contributed by atoms with van der Waals surface area (Å²) < 4.78 is 0. The van der Waals surface area contributed by atoms with E-state index in [0.717, 1.165) is 25.9 Å². The number of urea groups is 1. The molecule has 110 valence electrons. The first-order valence-corrected chi connectivity index (χ1v) is 7.24. The van der Waals surface area contributed by atoms with Gasteiger partial charge in [0.2, 0.25) is 5.91 Å². The standard InChI is InChI=1S/C13H20N4O3/c18-10(9-2-1-5-14-8-9)17-6-3-13(4-7-17)11(19)15-12(20)16-13/h9,14H,1-8H2,(H2,15,16,19,20). The third kappa shape index (κ3) is 2.26. The van der Waals surface area contributed by atoms with Gasteiger partial charge in [-0.3, -0.25) is 14.9 Å². The van der Waals surface area contributed by atoms with E-state index in [1.807, 2.05) is 4.90 Å². The summed E-state index contributed by atoms with van der Waals surface area (Å²) in [6.07, 6.45) is 2.96. The van der Waals surface area contributed by atoms with Gasteiger partial charge in [0.15, 0.2) is 0 Å². The second kappa shape index (κ2) is 5.05. The Morgan fingerprint density at radius 1 is 1.25 bits per heavy atom. The Bertz CT molecular complexity index is 437. The molecule has 0 bridgehead atoms. The number of carbonyl (C=O) groups excluding carboxylic acids is 3. The van der Waals surface area contributed by atoms with Crippen LogP contribution in [0, 0.1) is 5.92 Å². The van der Waals surface area contributed by atoms with Crippen molar-refractivity contribution in [1.82, 2.24) is 20.9 Å². The lowest BCUT2D eigenvalue weighted by Gasteiger charge is -2.38. The highest BCUT2D eigenvalue weighted by Crippen LogP contribution is 2.27. The summed E-state index contributed by atoms with van der Waals surface area (Å²) in [5, 5.41) is 8.24. The normalized spacial score (nSPS) is 29.2. The number of nitrogens with zero attached hydrogens (tertiary/aromatic N) is 1. The molecular weight excluding hydrogens is 260 g/mol. The molecular formula is C13H20N4O3. The molecule has 7 nitrogen and oxygen atoms in total. The van der Waals surface area contributed by atoms with Gasteiger partial charge in [-0.1, -0.05) is 0 Å². The lowest BCUT2D eigenvalue weighted by atomic mass is 9.86. The summed E-state index contributed by atoms with van der Waals surface area (Å²) in [6.45, 7) is 2.79. The molecule has 0 aliphatic carbocycles. The summed E-state index contributed by atoms with van der Waals surface area (Å²) in [5.74, 6) is -0.0180. The Hall–Kier alpha value is -1.63. The van der Waals surface area contributed by atoms with Crippen molar-refractivity contribution < 1.29 is 14.4 Å². The number of imide groups is 1. The van der Waals surface area contributed by atoms with E-state index in [1.54, 1.807) is 0 Å². The van der Waals surface area contributed by atoms with E-state index in [0.29, 0.717) is 25.9 Å². The molecule has 4 amide bonds. The van der Waals surface area contributed by atoms with Crippen LogP contribution in [0.5, 0.6) is 0 Å². The highest BCUT2D eigenvalue weighted by molar-refractivity contribution is 6.07.